The molecule has 1 fully saturated rings. The molecule has 1 N–H and O–H groups in total. The Morgan fingerprint density at radius 3 is 2.75 bits per heavy atom. The molecule has 0 spiro atoms. The predicted octanol–water partition coefficient (Wildman–Crippen LogP) is 2.67. The van der Waals surface area contributed by atoms with Gasteiger partial charge in [0.15, 0.2) is 0 Å². The van der Waals surface area contributed by atoms with Crippen molar-refractivity contribution < 1.29 is 4.79 Å². The topological polar surface area (TPSA) is 37.3 Å². The lowest BCUT2D eigenvalue weighted by Gasteiger charge is -2.30. The summed E-state index contributed by atoms with van der Waals surface area (Å²) in [6.07, 6.45) is 5.26. The van der Waals surface area contributed by atoms with Crippen LogP contribution in [-0.4, -0.2) is 41.1 Å². The number of amides is 1. The van der Waals surface area contributed by atoms with E-state index in [-0.39, 0.29) is 11.9 Å². The van der Waals surface area contributed by atoms with Gasteiger partial charge in [-0.2, -0.15) is 0 Å². The molecule has 1 aliphatic rings. The maximum atomic E-state index is 12.8. The molecule has 1 aliphatic heterocycles. The van der Waals surface area contributed by atoms with E-state index in [2.05, 4.69) is 36.9 Å². The van der Waals surface area contributed by atoms with Gasteiger partial charge in [0.05, 0.1) is 0 Å². The van der Waals surface area contributed by atoms with Crippen molar-refractivity contribution in [3.8, 4) is 0 Å². The van der Waals surface area contributed by atoms with Crippen LogP contribution in [0.25, 0.3) is 0 Å². The number of carbonyl (C=O) groups excluding carboxylic acids is 1. The normalized spacial score (nSPS) is 16.6. The summed E-state index contributed by atoms with van der Waals surface area (Å²) in [5.41, 5.74) is 0.846. The highest BCUT2D eigenvalue weighted by molar-refractivity contribution is 5.93. The molecule has 0 aromatic carbocycles. The Bertz CT molecular complexity index is 433. The fourth-order valence-electron chi connectivity index (χ4n) is 2.96. The van der Waals surface area contributed by atoms with Crippen molar-refractivity contribution in [2.45, 2.75) is 52.1 Å². The maximum absolute atomic E-state index is 12.8. The third-order valence-corrected chi connectivity index (χ3v) is 4.05. The highest BCUT2D eigenvalue weighted by atomic mass is 16.2. The molecule has 1 aromatic heterocycles. The Hall–Kier alpha value is -1.29. The Balaban J connectivity index is 2.19. The molecule has 0 aliphatic carbocycles. The van der Waals surface area contributed by atoms with E-state index in [0.29, 0.717) is 6.04 Å². The number of hydrogen-bond donors (Lipinski definition) is 1. The lowest BCUT2D eigenvalue weighted by atomic mass is 10.1. The smallest absolute Gasteiger partial charge is 0.270 e. The SMILES string of the molecule is CCCN(C(=O)c1cccn1C1CCNCC1)C(C)C. The number of nitrogens with one attached hydrogen (secondary N) is 1. The Morgan fingerprint density at radius 1 is 1.45 bits per heavy atom. The number of nitrogens with zero attached hydrogens (tertiary/aromatic N) is 2. The molecule has 0 atom stereocenters. The summed E-state index contributed by atoms with van der Waals surface area (Å²) in [5.74, 6) is 0.172. The summed E-state index contributed by atoms with van der Waals surface area (Å²) in [6, 6.07) is 4.68. The molecule has 112 valence electrons. The summed E-state index contributed by atoms with van der Waals surface area (Å²) in [5, 5.41) is 3.38. The van der Waals surface area contributed by atoms with Gasteiger partial charge in [0.2, 0.25) is 0 Å². The second-order valence-electron chi connectivity index (χ2n) is 5.87. The minimum Gasteiger partial charge on any atom is -0.340 e. The largest absolute Gasteiger partial charge is 0.340 e. The van der Waals surface area contributed by atoms with Gasteiger partial charge >= 0.3 is 0 Å². The van der Waals surface area contributed by atoms with Crippen molar-refractivity contribution in [2.75, 3.05) is 19.6 Å². The first-order valence-corrected chi connectivity index (χ1v) is 7.83. The average Bonchev–Trinajstić information content (AvgIpc) is 2.94. The van der Waals surface area contributed by atoms with E-state index in [4.69, 9.17) is 0 Å². The second-order valence-corrected chi connectivity index (χ2v) is 5.87. The van der Waals surface area contributed by atoms with Gasteiger partial charge < -0.3 is 14.8 Å². The summed E-state index contributed by atoms with van der Waals surface area (Å²) in [6.45, 7) is 9.21. The van der Waals surface area contributed by atoms with E-state index in [0.717, 1.165) is 44.6 Å². The number of carbonyl (C=O) groups is 1. The van der Waals surface area contributed by atoms with Gasteiger partial charge in [-0.05, 0) is 58.3 Å². The van der Waals surface area contributed by atoms with Gasteiger partial charge in [-0.15, -0.1) is 0 Å². The average molecular weight is 277 g/mol. The molecule has 0 bridgehead atoms. The molecule has 0 unspecified atom stereocenters. The van der Waals surface area contributed by atoms with Gasteiger partial charge in [0.25, 0.3) is 5.91 Å². The van der Waals surface area contributed by atoms with Crippen LogP contribution in [0.15, 0.2) is 18.3 Å². The van der Waals surface area contributed by atoms with Gasteiger partial charge in [-0.25, -0.2) is 0 Å². The number of hydrogen-bond acceptors (Lipinski definition) is 2. The Morgan fingerprint density at radius 2 is 2.15 bits per heavy atom. The predicted molar refractivity (Wildman–Crippen MR) is 82.0 cm³/mol. The van der Waals surface area contributed by atoms with Gasteiger partial charge in [0.1, 0.15) is 5.69 Å². The molecule has 2 heterocycles. The lowest BCUT2D eigenvalue weighted by molar-refractivity contribution is 0.0691. The maximum Gasteiger partial charge on any atom is 0.270 e. The molecule has 4 heteroatoms. The van der Waals surface area contributed by atoms with Crippen LogP contribution in [0.2, 0.25) is 0 Å². The Labute approximate surface area is 122 Å². The van der Waals surface area contributed by atoms with Crippen molar-refractivity contribution >= 4 is 5.91 Å². The second kappa shape index (κ2) is 6.93. The van der Waals surface area contributed by atoms with Crippen molar-refractivity contribution in [1.82, 2.24) is 14.8 Å². The molecule has 0 radical (unpaired) electrons. The number of rotatable bonds is 5. The number of piperidine rings is 1. The van der Waals surface area contributed by atoms with Crippen LogP contribution in [0.5, 0.6) is 0 Å². The molecular formula is C16H27N3O. The van der Waals surface area contributed by atoms with Gasteiger partial charge in [0, 0.05) is 24.8 Å². The first kappa shape index (κ1) is 15.1. The minimum absolute atomic E-state index is 0.172. The third-order valence-electron chi connectivity index (χ3n) is 4.05. The zero-order chi connectivity index (χ0) is 14.5. The monoisotopic (exact) mass is 277 g/mol. The minimum atomic E-state index is 0.172. The summed E-state index contributed by atoms with van der Waals surface area (Å²) in [4.78, 5) is 14.8. The molecule has 2 rings (SSSR count). The van der Waals surface area contributed by atoms with E-state index in [9.17, 15) is 4.79 Å². The van der Waals surface area contributed by atoms with Crippen molar-refractivity contribution in [3.05, 3.63) is 24.0 Å². The van der Waals surface area contributed by atoms with Crippen LogP contribution in [0.4, 0.5) is 0 Å². The molecule has 20 heavy (non-hydrogen) atoms. The molecule has 1 aromatic rings. The summed E-state index contributed by atoms with van der Waals surface area (Å²) >= 11 is 0. The Kier molecular flexibility index (Phi) is 5.24. The van der Waals surface area contributed by atoms with Gasteiger partial charge in [-0.3, -0.25) is 4.79 Å². The van der Waals surface area contributed by atoms with Crippen LogP contribution < -0.4 is 5.32 Å². The van der Waals surface area contributed by atoms with Crippen LogP contribution >= 0.6 is 0 Å². The van der Waals surface area contributed by atoms with E-state index in [1.54, 1.807) is 0 Å². The van der Waals surface area contributed by atoms with Crippen LogP contribution in [0.3, 0.4) is 0 Å². The lowest BCUT2D eigenvalue weighted by Crippen LogP contribution is -2.39. The molecule has 1 amide bonds. The van der Waals surface area contributed by atoms with Gasteiger partial charge in [-0.1, -0.05) is 6.92 Å². The first-order chi connectivity index (χ1) is 9.65. The molecule has 1 saturated heterocycles. The highest BCUT2D eigenvalue weighted by Gasteiger charge is 2.24. The molecule has 4 nitrogen and oxygen atoms in total. The van der Waals surface area contributed by atoms with Crippen molar-refractivity contribution in [1.29, 1.82) is 0 Å². The van der Waals surface area contributed by atoms with Crippen molar-refractivity contribution in [3.63, 3.8) is 0 Å². The quantitative estimate of drug-likeness (QED) is 0.898. The van der Waals surface area contributed by atoms with E-state index in [1.165, 1.54) is 0 Å². The van der Waals surface area contributed by atoms with Crippen LogP contribution in [0.1, 0.15) is 56.6 Å². The fourth-order valence-corrected chi connectivity index (χ4v) is 2.96. The van der Waals surface area contributed by atoms with E-state index in [1.807, 2.05) is 17.0 Å². The molecular weight excluding hydrogens is 250 g/mol. The zero-order valence-electron chi connectivity index (χ0n) is 12.9. The van der Waals surface area contributed by atoms with E-state index < -0.39 is 0 Å². The molecule has 0 saturated carbocycles. The number of aromatic nitrogens is 1. The van der Waals surface area contributed by atoms with Crippen molar-refractivity contribution in [2.24, 2.45) is 0 Å². The standard InChI is InChI=1S/C16H27N3O/c1-4-11-18(13(2)3)16(20)15-6-5-12-19(15)14-7-9-17-10-8-14/h5-6,12-14,17H,4,7-11H2,1-3H3. The summed E-state index contributed by atoms with van der Waals surface area (Å²) in [7, 11) is 0. The van der Waals surface area contributed by atoms with Crippen LogP contribution in [-0.2, 0) is 0 Å². The zero-order valence-corrected chi connectivity index (χ0v) is 12.9. The fraction of sp³-hybridized carbons (Fsp3) is 0.688. The third kappa shape index (κ3) is 3.23. The summed E-state index contributed by atoms with van der Waals surface area (Å²) < 4.78 is 2.19. The van der Waals surface area contributed by atoms with Crippen LogP contribution in [0, 0.1) is 0 Å². The highest BCUT2D eigenvalue weighted by Crippen LogP contribution is 2.22. The first-order valence-electron chi connectivity index (χ1n) is 7.83. The van der Waals surface area contributed by atoms with E-state index >= 15 is 0 Å².